The van der Waals surface area contributed by atoms with Crippen LogP contribution in [0.15, 0.2) is 24.3 Å². The van der Waals surface area contributed by atoms with Crippen molar-refractivity contribution in [2.24, 2.45) is 16.7 Å². The second kappa shape index (κ2) is 4.82. The first-order valence-corrected chi connectivity index (χ1v) is 7.27. The highest BCUT2D eigenvalue weighted by Crippen LogP contribution is 2.67. The molecule has 1 saturated carbocycles. The highest BCUT2D eigenvalue weighted by molar-refractivity contribution is 6.17. The zero-order valence-corrected chi connectivity index (χ0v) is 12.8. The second-order valence-corrected chi connectivity index (χ2v) is 6.80. The molecular weight excluding hydrogens is 258 g/mol. The van der Waals surface area contributed by atoms with Crippen LogP contribution in [-0.4, -0.2) is 12.5 Å². The monoisotopic (exact) mass is 279 g/mol. The van der Waals surface area contributed by atoms with E-state index in [0.717, 1.165) is 12.1 Å². The minimum atomic E-state index is -0.000350. The minimum Gasteiger partial charge on any atom is -0.352 e. The molecule has 104 valence electrons. The molecule has 1 amide bonds. The Kier molecular flexibility index (Phi) is 3.65. The molecule has 1 aromatic rings. The van der Waals surface area contributed by atoms with Crippen molar-refractivity contribution in [2.45, 2.75) is 33.6 Å². The van der Waals surface area contributed by atoms with E-state index in [2.05, 4.69) is 33.0 Å². The Hall–Kier alpha value is -1.02. The van der Waals surface area contributed by atoms with E-state index in [1.807, 2.05) is 24.3 Å². The summed E-state index contributed by atoms with van der Waals surface area (Å²) in [6.07, 6.45) is 0. The van der Waals surface area contributed by atoms with E-state index in [9.17, 15) is 4.79 Å². The molecule has 0 saturated heterocycles. The van der Waals surface area contributed by atoms with Crippen molar-refractivity contribution in [1.82, 2.24) is 5.32 Å². The van der Waals surface area contributed by atoms with Gasteiger partial charge in [-0.15, -0.1) is 11.6 Å². The van der Waals surface area contributed by atoms with Crippen LogP contribution in [0.4, 0.5) is 0 Å². The van der Waals surface area contributed by atoms with Gasteiger partial charge in [0.05, 0.1) is 0 Å². The first-order valence-electron chi connectivity index (χ1n) is 6.74. The summed E-state index contributed by atoms with van der Waals surface area (Å²) in [6.45, 7) is 9.80. The fourth-order valence-corrected chi connectivity index (χ4v) is 3.06. The standard InChI is InChI=1S/C16H22ClNO/c1-15(2)13(16(15,3)4)10-18-14(19)12-7-5-11(9-17)6-8-12/h5-8,13H,9-10H2,1-4H3,(H,18,19). The summed E-state index contributed by atoms with van der Waals surface area (Å²) >= 11 is 5.73. The molecule has 2 nitrogen and oxygen atoms in total. The van der Waals surface area contributed by atoms with E-state index in [4.69, 9.17) is 11.6 Å². The summed E-state index contributed by atoms with van der Waals surface area (Å²) in [5.41, 5.74) is 2.35. The largest absolute Gasteiger partial charge is 0.352 e. The van der Waals surface area contributed by atoms with Gasteiger partial charge < -0.3 is 5.32 Å². The first kappa shape index (κ1) is 14.4. The molecule has 1 fully saturated rings. The Balaban J connectivity index is 1.92. The van der Waals surface area contributed by atoms with Crippen LogP contribution < -0.4 is 5.32 Å². The van der Waals surface area contributed by atoms with Crippen LogP contribution in [0.5, 0.6) is 0 Å². The van der Waals surface area contributed by atoms with Crippen molar-refractivity contribution in [2.75, 3.05) is 6.54 Å². The Bertz CT molecular complexity index is 462. The van der Waals surface area contributed by atoms with Gasteiger partial charge in [-0.05, 0) is 34.4 Å². The third-order valence-electron chi connectivity index (χ3n) is 5.16. The van der Waals surface area contributed by atoms with Crippen molar-refractivity contribution >= 4 is 17.5 Å². The molecule has 3 heteroatoms. The maximum atomic E-state index is 12.1. The normalized spacial score (nSPS) is 20.1. The lowest BCUT2D eigenvalue weighted by molar-refractivity contribution is 0.0950. The van der Waals surface area contributed by atoms with Gasteiger partial charge in [0.15, 0.2) is 0 Å². The Labute approximate surface area is 120 Å². The topological polar surface area (TPSA) is 29.1 Å². The summed E-state index contributed by atoms with van der Waals surface area (Å²) in [5.74, 6) is 1.03. The van der Waals surface area contributed by atoms with E-state index in [1.54, 1.807) is 0 Å². The number of nitrogens with one attached hydrogen (secondary N) is 1. The number of carbonyl (C=O) groups is 1. The van der Waals surface area contributed by atoms with Crippen LogP contribution in [-0.2, 0) is 5.88 Å². The van der Waals surface area contributed by atoms with Gasteiger partial charge in [0.1, 0.15) is 0 Å². The highest BCUT2D eigenvalue weighted by Gasteiger charge is 2.64. The third-order valence-corrected chi connectivity index (χ3v) is 5.47. The minimum absolute atomic E-state index is 0.000350. The van der Waals surface area contributed by atoms with Gasteiger partial charge in [-0.25, -0.2) is 0 Å². The van der Waals surface area contributed by atoms with Crippen molar-refractivity contribution in [1.29, 1.82) is 0 Å². The first-order chi connectivity index (χ1) is 8.80. The molecule has 0 bridgehead atoms. The molecule has 1 aliphatic rings. The molecule has 2 rings (SSSR count). The summed E-state index contributed by atoms with van der Waals surface area (Å²) in [6, 6.07) is 7.45. The Morgan fingerprint density at radius 3 is 2.11 bits per heavy atom. The summed E-state index contributed by atoms with van der Waals surface area (Å²) in [4.78, 5) is 12.1. The van der Waals surface area contributed by atoms with Gasteiger partial charge in [0, 0.05) is 18.0 Å². The maximum absolute atomic E-state index is 12.1. The van der Waals surface area contributed by atoms with E-state index < -0.39 is 0 Å². The number of alkyl halides is 1. The lowest BCUT2D eigenvalue weighted by atomic mass is 10.0. The SMILES string of the molecule is CC1(C)C(CNC(=O)c2ccc(CCl)cc2)C1(C)C. The van der Waals surface area contributed by atoms with Gasteiger partial charge in [-0.1, -0.05) is 39.8 Å². The van der Waals surface area contributed by atoms with Crippen LogP contribution in [0.3, 0.4) is 0 Å². The molecule has 0 atom stereocenters. The second-order valence-electron chi connectivity index (χ2n) is 6.54. The molecular formula is C16H22ClNO. The zero-order valence-electron chi connectivity index (χ0n) is 12.1. The van der Waals surface area contributed by atoms with Gasteiger partial charge in [-0.2, -0.15) is 0 Å². The fourth-order valence-electron chi connectivity index (χ4n) is 2.89. The van der Waals surface area contributed by atoms with Crippen molar-refractivity contribution in [3.63, 3.8) is 0 Å². The fraction of sp³-hybridized carbons (Fsp3) is 0.562. The molecule has 0 aliphatic heterocycles. The zero-order chi connectivity index (χ0) is 14.3. The van der Waals surface area contributed by atoms with Gasteiger partial charge in [0.2, 0.25) is 0 Å². The van der Waals surface area contributed by atoms with E-state index >= 15 is 0 Å². The van der Waals surface area contributed by atoms with Crippen molar-refractivity contribution in [3.8, 4) is 0 Å². The number of hydrogen-bond acceptors (Lipinski definition) is 1. The molecule has 0 radical (unpaired) electrons. The van der Waals surface area contributed by atoms with Crippen molar-refractivity contribution < 1.29 is 4.79 Å². The molecule has 19 heavy (non-hydrogen) atoms. The molecule has 1 N–H and O–H groups in total. The van der Waals surface area contributed by atoms with Crippen LogP contribution in [0.2, 0.25) is 0 Å². The molecule has 0 heterocycles. The third kappa shape index (κ3) is 2.51. The van der Waals surface area contributed by atoms with Crippen LogP contribution in [0.1, 0.15) is 43.6 Å². The van der Waals surface area contributed by atoms with Gasteiger partial charge >= 0.3 is 0 Å². The average molecular weight is 280 g/mol. The smallest absolute Gasteiger partial charge is 0.251 e. The number of amides is 1. The summed E-state index contributed by atoms with van der Waals surface area (Å²) < 4.78 is 0. The van der Waals surface area contributed by atoms with E-state index in [0.29, 0.717) is 28.2 Å². The van der Waals surface area contributed by atoms with Gasteiger partial charge in [0.25, 0.3) is 5.91 Å². The average Bonchev–Trinajstić information content (AvgIpc) is 2.77. The summed E-state index contributed by atoms with van der Waals surface area (Å²) in [7, 11) is 0. The number of rotatable bonds is 4. The summed E-state index contributed by atoms with van der Waals surface area (Å²) in [5, 5.41) is 3.04. The van der Waals surface area contributed by atoms with E-state index in [-0.39, 0.29) is 5.91 Å². The lowest BCUT2D eigenvalue weighted by Crippen LogP contribution is -2.27. The molecule has 0 aromatic heterocycles. The molecule has 1 aromatic carbocycles. The lowest BCUT2D eigenvalue weighted by Gasteiger charge is -2.07. The van der Waals surface area contributed by atoms with E-state index in [1.165, 1.54) is 0 Å². The van der Waals surface area contributed by atoms with Crippen LogP contribution in [0.25, 0.3) is 0 Å². The number of hydrogen-bond donors (Lipinski definition) is 1. The number of halogens is 1. The highest BCUT2D eigenvalue weighted by atomic mass is 35.5. The predicted molar refractivity (Wildman–Crippen MR) is 79.4 cm³/mol. The number of benzene rings is 1. The number of carbonyl (C=O) groups excluding carboxylic acids is 1. The van der Waals surface area contributed by atoms with Crippen molar-refractivity contribution in [3.05, 3.63) is 35.4 Å². The van der Waals surface area contributed by atoms with Crippen LogP contribution >= 0.6 is 11.6 Å². The molecule has 0 spiro atoms. The Morgan fingerprint density at radius 1 is 1.16 bits per heavy atom. The Morgan fingerprint density at radius 2 is 1.68 bits per heavy atom. The molecule has 0 unspecified atom stereocenters. The van der Waals surface area contributed by atoms with Crippen LogP contribution in [0, 0.1) is 16.7 Å². The maximum Gasteiger partial charge on any atom is 0.251 e. The quantitative estimate of drug-likeness (QED) is 0.834. The van der Waals surface area contributed by atoms with Gasteiger partial charge in [-0.3, -0.25) is 4.79 Å². The predicted octanol–water partition coefficient (Wildman–Crippen LogP) is 3.84. The molecule has 1 aliphatic carbocycles.